The van der Waals surface area contributed by atoms with Crippen molar-refractivity contribution in [1.29, 1.82) is 0 Å². The molecule has 5 rings (SSSR count). The topological polar surface area (TPSA) is 78.9 Å². The number of para-hydroxylation sites is 2. The Kier molecular flexibility index (Phi) is 6.44. The van der Waals surface area contributed by atoms with E-state index in [-0.39, 0.29) is 10.9 Å². The highest BCUT2D eigenvalue weighted by Gasteiger charge is 2.42. The van der Waals surface area contributed by atoms with Crippen LogP contribution < -0.4 is 14.4 Å². The van der Waals surface area contributed by atoms with Crippen molar-refractivity contribution < 1.29 is 31.4 Å². The summed E-state index contributed by atoms with van der Waals surface area (Å²) in [5.74, 6) is -0.513. The van der Waals surface area contributed by atoms with Gasteiger partial charge in [-0.3, -0.25) is 0 Å². The summed E-state index contributed by atoms with van der Waals surface area (Å²) in [4.78, 5) is 1.91. The molecule has 190 valence electrons. The van der Waals surface area contributed by atoms with E-state index in [1.165, 1.54) is 0 Å². The predicted octanol–water partition coefficient (Wildman–Crippen LogP) is 4.69. The number of aliphatic hydroxyl groups is 1. The second-order valence-corrected chi connectivity index (χ2v) is 10.7. The van der Waals surface area contributed by atoms with E-state index in [4.69, 9.17) is 0 Å². The predicted molar refractivity (Wildman–Crippen MR) is 129 cm³/mol. The lowest BCUT2D eigenvalue weighted by Crippen LogP contribution is -2.47. The van der Waals surface area contributed by atoms with Crippen LogP contribution in [0.5, 0.6) is 5.75 Å². The fourth-order valence-electron chi connectivity index (χ4n) is 5.13. The molecular weight excluding hydrogens is 493 g/mol. The number of aliphatic hydroxyl groups excluding tert-OH is 1. The Morgan fingerprint density at radius 1 is 0.861 bits per heavy atom. The van der Waals surface area contributed by atoms with E-state index in [9.17, 15) is 26.7 Å². The maximum absolute atomic E-state index is 13.0. The van der Waals surface area contributed by atoms with Gasteiger partial charge in [-0.05, 0) is 73.2 Å². The number of anilines is 2. The highest BCUT2D eigenvalue weighted by Crippen LogP contribution is 2.41. The van der Waals surface area contributed by atoms with Crippen molar-refractivity contribution in [2.75, 3.05) is 4.90 Å². The van der Waals surface area contributed by atoms with Gasteiger partial charge in [0.05, 0.1) is 23.1 Å². The van der Waals surface area contributed by atoms with Gasteiger partial charge in [-0.2, -0.15) is 0 Å². The summed E-state index contributed by atoms with van der Waals surface area (Å²) in [6, 6.07) is 18.9. The van der Waals surface area contributed by atoms with Crippen LogP contribution >= 0.6 is 0 Å². The number of hydrogen-bond donors (Lipinski definition) is 2. The Bertz CT molecular complexity index is 1300. The minimum absolute atomic E-state index is 0.210. The SMILES string of the molecule is O=S(=O)(N[C@@H]1CCC(N2c3ccccc3CCc3ccccc32)[C@H]1O)c1ccc(OC(F)(F)F)cc1. The minimum Gasteiger partial charge on any atom is -0.406 e. The second-order valence-electron chi connectivity index (χ2n) is 9.01. The number of alkyl halides is 3. The molecule has 1 aliphatic heterocycles. The molecule has 3 aromatic carbocycles. The van der Waals surface area contributed by atoms with Crippen molar-refractivity contribution in [2.45, 2.75) is 55.1 Å². The summed E-state index contributed by atoms with van der Waals surface area (Å²) < 4.78 is 69.5. The molecule has 36 heavy (non-hydrogen) atoms. The number of hydrogen-bond acceptors (Lipinski definition) is 5. The first kappa shape index (κ1) is 24.6. The summed E-state index contributed by atoms with van der Waals surface area (Å²) in [6.45, 7) is 0. The third-order valence-corrected chi connectivity index (χ3v) is 8.26. The molecule has 0 saturated heterocycles. The zero-order valence-electron chi connectivity index (χ0n) is 19.1. The average molecular weight is 519 g/mol. The van der Waals surface area contributed by atoms with Crippen molar-refractivity contribution in [3.05, 3.63) is 83.9 Å². The van der Waals surface area contributed by atoms with Gasteiger partial charge in [0.1, 0.15) is 5.75 Å². The summed E-state index contributed by atoms with van der Waals surface area (Å²) in [5.41, 5.74) is 4.31. The molecule has 6 nitrogen and oxygen atoms in total. The van der Waals surface area contributed by atoms with Crippen LogP contribution in [0.25, 0.3) is 0 Å². The number of sulfonamides is 1. The van der Waals surface area contributed by atoms with Gasteiger partial charge in [-0.1, -0.05) is 36.4 Å². The molecule has 1 fully saturated rings. The first-order chi connectivity index (χ1) is 17.1. The molecule has 0 spiro atoms. The van der Waals surface area contributed by atoms with E-state index in [1.54, 1.807) is 0 Å². The van der Waals surface area contributed by atoms with Crippen molar-refractivity contribution in [1.82, 2.24) is 4.72 Å². The highest BCUT2D eigenvalue weighted by molar-refractivity contribution is 7.89. The lowest BCUT2D eigenvalue weighted by molar-refractivity contribution is -0.274. The highest BCUT2D eigenvalue weighted by atomic mass is 32.2. The molecule has 3 atom stereocenters. The van der Waals surface area contributed by atoms with Gasteiger partial charge in [0.15, 0.2) is 0 Å². The minimum atomic E-state index is -4.87. The van der Waals surface area contributed by atoms with Crippen LogP contribution in [0.4, 0.5) is 24.5 Å². The molecule has 1 heterocycles. The quantitative estimate of drug-likeness (QED) is 0.512. The smallest absolute Gasteiger partial charge is 0.406 e. The molecule has 0 radical (unpaired) electrons. The fraction of sp³-hybridized carbons (Fsp3) is 0.308. The average Bonchev–Trinajstić information content (AvgIpc) is 3.08. The number of nitrogens with one attached hydrogen (secondary N) is 1. The van der Waals surface area contributed by atoms with E-state index in [1.807, 2.05) is 36.4 Å². The van der Waals surface area contributed by atoms with Gasteiger partial charge in [0, 0.05) is 11.4 Å². The summed E-state index contributed by atoms with van der Waals surface area (Å²) in [6.07, 6.45) is -3.21. The van der Waals surface area contributed by atoms with Crippen molar-refractivity contribution in [3.63, 3.8) is 0 Å². The normalized spacial score (nSPS) is 22.0. The lowest BCUT2D eigenvalue weighted by atomic mass is 10.0. The first-order valence-corrected chi connectivity index (χ1v) is 13.1. The molecular formula is C26H25F3N2O4S. The van der Waals surface area contributed by atoms with E-state index < -0.39 is 34.3 Å². The van der Waals surface area contributed by atoms with Gasteiger partial charge >= 0.3 is 6.36 Å². The third kappa shape index (κ3) is 4.93. The number of ether oxygens (including phenoxy) is 1. The van der Waals surface area contributed by atoms with Crippen molar-refractivity contribution in [3.8, 4) is 5.75 Å². The Morgan fingerprint density at radius 2 is 1.42 bits per heavy atom. The van der Waals surface area contributed by atoms with E-state index in [2.05, 4.69) is 26.5 Å². The Morgan fingerprint density at radius 3 is 1.97 bits per heavy atom. The maximum Gasteiger partial charge on any atom is 0.573 e. The van der Waals surface area contributed by atoms with Crippen LogP contribution in [0.1, 0.15) is 24.0 Å². The molecule has 1 unspecified atom stereocenters. The number of rotatable bonds is 5. The Balaban J connectivity index is 1.39. The van der Waals surface area contributed by atoms with Crippen LogP contribution in [0.2, 0.25) is 0 Å². The maximum atomic E-state index is 13.0. The largest absolute Gasteiger partial charge is 0.573 e. The molecule has 0 bridgehead atoms. The van der Waals surface area contributed by atoms with Crippen LogP contribution in [-0.4, -0.2) is 38.1 Å². The zero-order chi connectivity index (χ0) is 25.5. The second kappa shape index (κ2) is 9.42. The zero-order valence-corrected chi connectivity index (χ0v) is 20.0. The molecule has 2 N–H and O–H groups in total. The van der Waals surface area contributed by atoms with Crippen molar-refractivity contribution in [2.24, 2.45) is 0 Å². The van der Waals surface area contributed by atoms with Gasteiger partial charge in [-0.25, -0.2) is 13.1 Å². The third-order valence-electron chi connectivity index (χ3n) is 6.75. The number of nitrogens with zero attached hydrogens (tertiary/aromatic N) is 1. The molecule has 3 aromatic rings. The van der Waals surface area contributed by atoms with E-state index >= 15 is 0 Å². The summed E-state index contributed by atoms with van der Waals surface area (Å²) in [5, 5.41) is 11.3. The molecule has 1 saturated carbocycles. The molecule has 0 amide bonds. The molecule has 0 aromatic heterocycles. The molecule has 2 aliphatic rings. The van der Waals surface area contributed by atoms with Crippen LogP contribution in [0.15, 0.2) is 77.7 Å². The standard InChI is InChI=1S/C26H25F3N2O4S/c27-26(28,29)35-19-11-13-20(14-12-19)36(33,34)30-21-15-16-24(25(21)32)31-22-7-3-1-5-17(22)9-10-18-6-2-4-8-23(18)31/h1-8,11-14,21,24-25,30,32H,9-10,15-16H2/t21-,24?,25+/m1/s1. The van der Waals surface area contributed by atoms with Gasteiger partial charge in [-0.15, -0.1) is 13.2 Å². The van der Waals surface area contributed by atoms with E-state index in [0.29, 0.717) is 12.8 Å². The van der Waals surface area contributed by atoms with E-state index in [0.717, 1.165) is 59.6 Å². The number of benzene rings is 3. The summed E-state index contributed by atoms with van der Waals surface area (Å²) >= 11 is 0. The Hall–Kier alpha value is -3.08. The monoisotopic (exact) mass is 518 g/mol. The van der Waals surface area contributed by atoms with Gasteiger partial charge in [0.2, 0.25) is 10.0 Å². The number of fused-ring (bicyclic) bond motifs is 2. The van der Waals surface area contributed by atoms with Gasteiger partial charge in [0.25, 0.3) is 0 Å². The van der Waals surface area contributed by atoms with Crippen LogP contribution in [-0.2, 0) is 22.9 Å². The molecule has 1 aliphatic carbocycles. The fourth-order valence-corrected chi connectivity index (χ4v) is 6.42. The number of aryl methyl sites for hydroxylation is 2. The van der Waals surface area contributed by atoms with Gasteiger partial charge < -0.3 is 14.7 Å². The summed E-state index contributed by atoms with van der Waals surface area (Å²) in [7, 11) is -4.08. The van der Waals surface area contributed by atoms with Crippen LogP contribution in [0, 0.1) is 0 Å². The Labute approximate surface area is 207 Å². The molecule has 10 heteroatoms. The van der Waals surface area contributed by atoms with Crippen LogP contribution in [0.3, 0.4) is 0 Å². The lowest BCUT2D eigenvalue weighted by Gasteiger charge is -2.35. The number of halogens is 3. The first-order valence-electron chi connectivity index (χ1n) is 11.6. The van der Waals surface area contributed by atoms with Crippen molar-refractivity contribution >= 4 is 21.4 Å².